The van der Waals surface area contributed by atoms with Crippen LogP contribution in [0.15, 0.2) is 6.07 Å². The monoisotopic (exact) mass is 224 g/mol. The average Bonchev–Trinajstić information content (AvgIpc) is 2.55. The number of hydrogen-bond acceptors (Lipinski definition) is 3. The molecule has 0 unspecified atom stereocenters. The number of carbonyl (C=O) groups excluding carboxylic acids is 2. The number of aromatic nitrogens is 1. The zero-order chi connectivity index (χ0) is 12.3. The van der Waals surface area contributed by atoms with E-state index in [-0.39, 0.29) is 18.4 Å². The predicted molar refractivity (Wildman–Crippen MR) is 59.3 cm³/mol. The van der Waals surface area contributed by atoms with Crippen LogP contribution in [0.2, 0.25) is 0 Å². The summed E-state index contributed by atoms with van der Waals surface area (Å²) in [5, 5.41) is 2.56. The van der Waals surface area contributed by atoms with Crippen molar-refractivity contribution in [3.63, 3.8) is 0 Å². The third-order valence-corrected chi connectivity index (χ3v) is 2.56. The third-order valence-electron chi connectivity index (χ3n) is 2.56. The molecule has 0 atom stereocenters. The number of ether oxygens (including phenoxy) is 1. The number of aryl methyl sites for hydroxylation is 1. The Kier molecular flexibility index (Phi) is 3.71. The van der Waals surface area contributed by atoms with Gasteiger partial charge in [-0.25, -0.2) is 0 Å². The van der Waals surface area contributed by atoms with Crippen molar-refractivity contribution in [3.8, 4) is 0 Å². The van der Waals surface area contributed by atoms with Gasteiger partial charge in [-0.3, -0.25) is 9.59 Å². The van der Waals surface area contributed by atoms with Crippen LogP contribution in [-0.2, 0) is 16.1 Å². The topological polar surface area (TPSA) is 60.3 Å². The van der Waals surface area contributed by atoms with Gasteiger partial charge in [0.25, 0.3) is 5.91 Å². The number of methoxy groups -OCH3 is 1. The van der Waals surface area contributed by atoms with E-state index < -0.39 is 0 Å². The fraction of sp³-hybridized carbons (Fsp3) is 0.455. The summed E-state index contributed by atoms with van der Waals surface area (Å²) in [6.45, 7) is 3.79. The second kappa shape index (κ2) is 4.83. The van der Waals surface area contributed by atoms with E-state index in [1.54, 1.807) is 24.6 Å². The van der Waals surface area contributed by atoms with Crippen molar-refractivity contribution < 1.29 is 14.3 Å². The molecule has 0 bridgehead atoms. The second-order valence-corrected chi connectivity index (χ2v) is 3.53. The van der Waals surface area contributed by atoms with Gasteiger partial charge in [-0.05, 0) is 19.9 Å². The van der Waals surface area contributed by atoms with Crippen molar-refractivity contribution in [1.29, 1.82) is 0 Å². The summed E-state index contributed by atoms with van der Waals surface area (Å²) in [6, 6.07) is 1.76. The Bertz CT molecular complexity index is 421. The number of rotatable bonds is 3. The van der Waals surface area contributed by atoms with Crippen molar-refractivity contribution in [3.05, 3.63) is 23.0 Å². The first-order valence-electron chi connectivity index (χ1n) is 4.96. The molecule has 0 aliphatic carbocycles. The minimum absolute atomic E-state index is 0.130. The highest BCUT2D eigenvalue weighted by Gasteiger charge is 2.16. The molecule has 1 N–H and O–H groups in total. The van der Waals surface area contributed by atoms with Gasteiger partial charge in [0, 0.05) is 18.4 Å². The van der Waals surface area contributed by atoms with Crippen LogP contribution in [0.5, 0.6) is 0 Å². The molecule has 0 saturated carbocycles. The van der Waals surface area contributed by atoms with Crippen LogP contribution in [0, 0.1) is 13.8 Å². The van der Waals surface area contributed by atoms with Gasteiger partial charge in [0.15, 0.2) is 0 Å². The van der Waals surface area contributed by atoms with Gasteiger partial charge in [0.1, 0.15) is 6.54 Å². The van der Waals surface area contributed by atoms with Crippen LogP contribution in [0.4, 0.5) is 0 Å². The maximum atomic E-state index is 11.5. The molecular formula is C11H16N2O3. The molecule has 88 valence electrons. The normalized spacial score (nSPS) is 10.0. The van der Waals surface area contributed by atoms with Crippen LogP contribution in [0.25, 0.3) is 0 Å². The quantitative estimate of drug-likeness (QED) is 0.766. The third kappa shape index (κ3) is 2.24. The molecule has 1 amide bonds. The molecular weight excluding hydrogens is 208 g/mol. The molecule has 1 rings (SSSR count). The fourth-order valence-corrected chi connectivity index (χ4v) is 1.60. The van der Waals surface area contributed by atoms with Gasteiger partial charge in [-0.15, -0.1) is 0 Å². The lowest BCUT2D eigenvalue weighted by Crippen LogP contribution is -2.19. The van der Waals surface area contributed by atoms with Gasteiger partial charge < -0.3 is 14.6 Å². The Labute approximate surface area is 94.4 Å². The van der Waals surface area contributed by atoms with Crippen molar-refractivity contribution in [2.75, 3.05) is 14.2 Å². The van der Waals surface area contributed by atoms with Crippen LogP contribution < -0.4 is 5.32 Å². The second-order valence-electron chi connectivity index (χ2n) is 3.53. The van der Waals surface area contributed by atoms with Gasteiger partial charge in [-0.2, -0.15) is 0 Å². The Balaban J connectivity index is 3.07. The first kappa shape index (κ1) is 12.3. The number of amides is 1. The molecule has 0 aromatic carbocycles. The Hall–Kier alpha value is -1.78. The number of carbonyl (C=O) groups is 2. The summed E-state index contributed by atoms with van der Waals surface area (Å²) in [4.78, 5) is 22.7. The number of hydrogen-bond donors (Lipinski definition) is 1. The molecule has 0 fully saturated rings. The molecule has 5 heteroatoms. The Morgan fingerprint density at radius 1 is 1.44 bits per heavy atom. The van der Waals surface area contributed by atoms with E-state index in [0.717, 1.165) is 11.4 Å². The Morgan fingerprint density at radius 3 is 2.56 bits per heavy atom. The van der Waals surface area contributed by atoms with Crippen molar-refractivity contribution in [1.82, 2.24) is 9.88 Å². The molecule has 0 saturated heterocycles. The highest BCUT2D eigenvalue weighted by Crippen LogP contribution is 2.14. The van der Waals surface area contributed by atoms with E-state index in [0.29, 0.717) is 5.56 Å². The van der Waals surface area contributed by atoms with E-state index in [4.69, 9.17) is 0 Å². The SMILES string of the molecule is CNC(=O)c1cc(C)n(CC(=O)OC)c1C. The highest BCUT2D eigenvalue weighted by atomic mass is 16.5. The molecule has 0 aliphatic rings. The summed E-state index contributed by atoms with van der Waals surface area (Å²) in [5.41, 5.74) is 2.22. The molecule has 1 aromatic rings. The first-order chi connectivity index (χ1) is 7.51. The van der Waals surface area contributed by atoms with Gasteiger partial charge in [0.2, 0.25) is 0 Å². The summed E-state index contributed by atoms with van der Waals surface area (Å²) < 4.78 is 6.36. The van der Waals surface area contributed by atoms with Gasteiger partial charge in [-0.1, -0.05) is 0 Å². The lowest BCUT2D eigenvalue weighted by molar-refractivity contribution is -0.141. The lowest BCUT2D eigenvalue weighted by Gasteiger charge is -2.07. The van der Waals surface area contributed by atoms with Crippen LogP contribution in [0.1, 0.15) is 21.7 Å². The van der Waals surface area contributed by atoms with Crippen molar-refractivity contribution >= 4 is 11.9 Å². The van der Waals surface area contributed by atoms with Gasteiger partial charge in [0.05, 0.1) is 12.7 Å². The summed E-state index contributed by atoms with van der Waals surface area (Å²) >= 11 is 0. The van der Waals surface area contributed by atoms with Crippen molar-refractivity contribution in [2.24, 2.45) is 0 Å². The summed E-state index contributed by atoms with van der Waals surface area (Å²) in [7, 11) is 2.92. The van der Waals surface area contributed by atoms with E-state index in [9.17, 15) is 9.59 Å². The van der Waals surface area contributed by atoms with Crippen LogP contribution in [-0.4, -0.2) is 30.6 Å². The number of nitrogens with one attached hydrogen (secondary N) is 1. The number of esters is 1. The van der Waals surface area contributed by atoms with Crippen LogP contribution >= 0.6 is 0 Å². The summed E-state index contributed by atoms with van der Waals surface area (Å²) in [5.74, 6) is -0.477. The maximum Gasteiger partial charge on any atom is 0.325 e. The highest BCUT2D eigenvalue weighted by molar-refractivity contribution is 5.95. The molecule has 1 aromatic heterocycles. The van der Waals surface area contributed by atoms with E-state index in [2.05, 4.69) is 10.1 Å². The van der Waals surface area contributed by atoms with E-state index in [1.807, 2.05) is 6.92 Å². The standard InChI is InChI=1S/C11H16N2O3/c1-7-5-9(11(15)12-3)8(2)13(7)6-10(14)16-4/h5H,6H2,1-4H3,(H,12,15). The van der Waals surface area contributed by atoms with Gasteiger partial charge >= 0.3 is 5.97 Å². The minimum Gasteiger partial charge on any atom is -0.468 e. The largest absolute Gasteiger partial charge is 0.468 e. The Morgan fingerprint density at radius 2 is 2.06 bits per heavy atom. The predicted octanol–water partition coefficient (Wildman–Crippen LogP) is 0.638. The molecule has 0 radical (unpaired) electrons. The minimum atomic E-state index is -0.328. The van der Waals surface area contributed by atoms with E-state index in [1.165, 1.54) is 7.11 Å². The van der Waals surface area contributed by atoms with E-state index >= 15 is 0 Å². The van der Waals surface area contributed by atoms with Crippen LogP contribution in [0.3, 0.4) is 0 Å². The fourth-order valence-electron chi connectivity index (χ4n) is 1.60. The lowest BCUT2D eigenvalue weighted by atomic mass is 10.2. The molecule has 1 heterocycles. The smallest absolute Gasteiger partial charge is 0.325 e. The molecule has 5 nitrogen and oxygen atoms in total. The molecule has 0 spiro atoms. The zero-order valence-corrected chi connectivity index (χ0v) is 9.96. The maximum absolute atomic E-state index is 11.5. The van der Waals surface area contributed by atoms with Crippen molar-refractivity contribution in [2.45, 2.75) is 20.4 Å². The zero-order valence-electron chi connectivity index (χ0n) is 9.96. The number of nitrogens with zero attached hydrogens (tertiary/aromatic N) is 1. The first-order valence-corrected chi connectivity index (χ1v) is 4.96. The molecule has 16 heavy (non-hydrogen) atoms. The molecule has 0 aliphatic heterocycles. The average molecular weight is 224 g/mol. The summed E-state index contributed by atoms with van der Waals surface area (Å²) in [6.07, 6.45) is 0.